The molecule has 1 fully saturated rings. The first kappa shape index (κ1) is 25.8. The van der Waals surface area contributed by atoms with Crippen molar-refractivity contribution in [2.24, 2.45) is 0 Å². The highest BCUT2D eigenvalue weighted by Crippen LogP contribution is 2.41. The molecule has 3 aromatic carbocycles. The predicted octanol–water partition coefficient (Wildman–Crippen LogP) is 4.38. The molecule has 0 bridgehead atoms. The van der Waals surface area contributed by atoms with Gasteiger partial charge in [-0.25, -0.2) is 4.79 Å². The van der Waals surface area contributed by atoms with Gasteiger partial charge in [0.1, 0.15) is 17.9 Å². The van der Waals surface area contributed by atoms with Gasteiger partial charge < -0.3 is 14.2 Å². The molecule has 38 heavy (non-hydrogen) atoms. The molecule has 1 aliphatic heterocycles. The average molecular weight is 517 g/mol. The third kappa shape index (κ3) is 4.98. The smallest absolute Gasteiger partial charge is 0.330 e. The zero-order valence-electron chi connectivity index (χ0n) is 21.0. The fourth-order valence-electron chi connectivity index (χ4n) is 5.06. The van der Waals surface area contributed by atoms with Crippen LogP contribution in [0.2, 0.25) is 0 Å². The molecule has 0 aliphatic carbocycles. The van der Waals surface area contributed by atoms with Crippen LogP contribution in [0, 0.1) is 5.82 Å². The van der Waals surface area contributed by atoms with Crippen molar-refractivity contribution >= 4 is 0 Å². The summed E-state index contributed by atoms with van der Waals surface area (Å²) in [7, 11) is 0. The van der Waals surface area contributed by atoms with Crippen molar-refractivity contribution in [2.75, 3.05) is 13.2 Å². The minimum atomic E-state index is -1.07. The molecule has 196 valence electrons. The Morgan fingerprint density at radius 3 is 1.95 bits per heavy atom. The summed E-state index contributed by atoms with van der Waals surface area (Å²) in [6.45, 7) is 2.42. The van der Waals surface area contributed by atoms with Gasteiger partial charge in [0, 0.05) is 13.0 Å². The number of hydrogen-bond donors (Lipinski definition) is 1. The summed E-state index contributed by atoms with van der Waals surface area (Å²) in [5, 5.41) is 0. The molecule has 4 aromatic rings. The van der Waals surface area contributed by atoms with Crippen LogP contribution in [0.25, 0.3) is 0 Å². The summed E-state index contributed by atoms with van der Waals surface area (Å²) in [6, 6.07) is 29.9. The van der Waals surface area contributed by atoms with Crippen LogP contribution in [0.1, 0.15) is 36.3 Å². The van der Waals surface area contributed by atoms with Crippen LogP contribution in [0.15, 0.2) is 107 Å². The second-order valence-electron chi connectivity index (χ2n) is 9.09. The molecule has 3 atom stereocenters. The highest BCUT2D eigenvalue weighted by atomic mass is 19.1. The van der Waals surface area contributed by atoms with Crippen LogP contribution < -0.4 is 11.2 Å². The SMILES string of the molecule is CCO[C@H]1C[C@H](n2cc(F)c(=O)[nH]c2=O)O[C@@H]1COC(c1ccccc1)(c1ccccc1)c1ccccc1. The lowest BCUT2D eigenvalue weighted by Crippen LogP contribution is -2.38. The molecule has 1 aliphatic rings. The molecule has 0 amide bonds. The van der Waals surface area contributed by atoms with E-state index in [-0.39, 0.29) is 6.61 Å². The number of aromatic amines is 1. The Balaban J connectivity index is 1.53. The van der Waals surface area contributed by atoms with Crippen molar-refractivity contribution < 1.29 is 18.6 Å². The van der Waals surface area contributed by atoms with E-state index in [0.717, 1.165) is 27.5 Å². The van der Waals surface area contributed by atoms with Crippen molar-refractivity contribution in [3.05, 3.63) is 141 Å². The number of rotatable bonds is 9. The third-order valence-electron chi connectivity index (χ3n) is 6.80. The van der Waals surface area contributed by atoms with Crippen molar-refractivity contribution in [3.8, 4) is 0 Å². The Bertz CT molecular complexity index is 1360. The van der Waals surface area contributed by atoms with Crippen molar-refractivity contribution in [1.82, 2.24) is 9.55 Å². The fraction of sp³-hybridized carbons (Fsp3) is 0.267. The normalized spacial score (nSPS) is 19.5. The standard InChI is InChI=1S/C30H29FN2O5/c1-2-36-25-18-27(33-19-24(31)28(34)32-29(33)35)38-26(25)20-37-30(21-12-6-3-7-13-21,22-14-8-4-9-15-22)23-16-10-5-11-17-23/h3-17,19,25-27H,2,18,20H2,1H3,(H,32,34,35)/t25-,26+,27+/m0/s1. The van der Waals surface area contributed by atoms with E-state index in [9.17, 15) is 14.0 Å². The van der Waals surface area contributed by atoms with E-state index in [4.69, 9.17) is 14.2 Å². The van der Waals surface area contributed by atoms with E-state index in [0.29, 0.717) is 13.0 Å². The van der Waals surface area contributed by atoms with Crippen LogP contribution in [-0.2, 0) is 19.8 Å². The number of H-pyrrole nitrogens is 1. The second-order valence-corrected chi connectivity index (χ2v) is 9.09. The predicted molar refractivity (Wildman–Crippen MR) is 140 cm³/mol. The molecule has 0 spiro atoms. The van der Waals surface area contributed by atoms with Gasteiger partial charge in [-0.05, 0) is 23.6 Å². The van der Waals surface area contributed by atoms with E-state index in [1.807, 2.05) is 103 Å². The summed E-state index contributed by atoms with van der Waals surface area (Å²) < 4.78 is 34.1. The molecule has 0 radical (unpaired) electrons. The van der Waals surface area contributed by atoms with Crippen LogP contribution in [-0.4, -0.2) is 35.0 Å². The minimum absolute atomic E-state index is 0.125. The van der Waals surface area contributed by atoms with E-state index in [2.05, 4.69) is 0 Å². The number of benzene rings is 3. The number of halogens is 1. The third-order valence-corrected chi connectivity index (χ3v) is 6.80. The van der Waals surface area contributed by atoms with E-state index in [1.54, 1.807) is 0 Å². The van der Waals surface area contributed by atoms with Crippen LogP contribution >= 0.6 is 0 Å². The first-order valence-electron chi connectivity index (χ1n) is 12.6. The first-order chi connectivity index (χ1) is 18.5. The summed E-state index contributed by atoms with van der Waals surface area (Å²) in [4.78, 5) is 25.9. The zero-order chi connectivity index (χ0) is 26.5. The van der Waals surface area contributed by atoms with Gasteiger partial charge in [0.15, 0.2) is 0 Å². The molecule has 0 saturated carbocycles. The molecule has 0 unspecified atom stereocenters. The average Bonchev–Trinajstić information content (AvgIpc) is 3.35. The number of nitrogens with one attached hydrogen (secondary N) is 1. The van der Waals surface area contributed by atoms with Gasteiger partial charge in [0.25, 0.3) is 5.56 Å². The number of aromatic nitrogens is 2. The lowest BCUT2D eigenvalue weighted by Gasteiger charge is -2.37. The van der Waals surface area contributed by atoms with Crippen molar-refractivity contribution in [3.63, 3.8) is 0 Å². The van der Waals surface area contributed by atoms with E-state index < -0.39 is 41.1 Å². The molecule has 1 N–H and O–H groups in total. The number of nitrogens with zero attached hydrogens (tertiary/aromatic N) is 1. The molecule has 5 rings (SSSR count). The van der Waals surface area contributed by atoms with E-state index in [1.165, 1.54) is 0 Å². The largest absolute Gasteiger partial charge is 0.376 e. The molecule has 8 heteroatoms. The summed E-state index contributed by atoms with van der Waals surface area (Å²) in [5.74, 6) is -1.06. The van der Waals surface area contributed by atoms with Gasteiger partial charge in [0.05, 0.1) is 18.9 Å². The quantitative estimate of drug-likeness (QED) is 0.334. The maximum Gasteiger partial charge on any atom is 0.330 e. The molecule has 2 heterocycles. The summed E-state index contributed by atoms with van der Waals surface area (Å²) in [6.07, 6.45) is -0.620. The van der Waals surface area contributed by atoms with Crippen LogP contribution in [0.3, 0.4) is 0 Å². The van der Waals surface area contributed by atoms with Crippen LogP contribution in [0.5, 0.6) is 0 Å². The van der Waals surface area contributed by atoms with E-state index >= 15 is 0 Å². The van der Waals surface area contributed by atoms with Crippen molar-refractivity contribution in [2.45, 2.75) is 37.4 Å². The lowest BCUT2D eigenvalue weighted by atomic mass is 9.80. The van der Waals surface area contributed by atoms with Gasteiger partial charge in [-0.2, -0.15) is 4.39 Å². The maximum absolute atomic E-state index is 14.0. The Morgan fingerprint density at radius 1 is 0.921 bits per heavy atom. The molecule has 1 aromatic heterocycles. The second kappa shape index (κ2) is 11.3. The van der Waals surface area contributed by atoms with Gasteiger partial charge in [0.2, 0.25) is 5.82 Å². The minimum Gasteiger partial charge on any atom is -0.376 e. The van der Waals surface area contributed by atoms with Crippen molar-refractivity contribution in [1.29, 1.82) is 0 Å². The molecular weight excluding hydrogens is 487 g/mol. The molecule has 1 saturated heterocycles. The molecular formula is C30H29FN2O5. The Labute approximate surface area is 219 Å². The zero-order valence-corrected chi connectivity index (χ0v) is 21.0. The number of ether oxygens (including phenoxy) is 3. The summed E-state index contributed by atoms with van der Waals surface area (Å²) in [5.41, 5.74) is 0.0638. The monoisotopic (exact) mass is 516 g/mol. The number of hydrogen-bond acceptors (Lipinski definition) is 5. The highest BCUT2D eigenvalue weighted by molar-refractivity contribution is 5.47. The fourth-order valence-corrected chi connectivity index (χ4v) is 5.06. The van der Waals surface area contributed by atoms with Gasteiger partial charge in [-0.3, -0.25) is 14.3 Å². The van der Waals surface area contributed by atoms with Crippen LogP contribution in [0.4, 0.5) is 4.39 Å². The highest BCUT2D eigenvalue weighted by Gasteiger charge is 2.42. The van der Waals surface area contributed by atoms with Gasteiger partial charge in [-0.15, -0.1) is 0 Å². The lowest BCUT2D eigenvalue weighted by molar-refractivity contribution is -0.103. The van der Waals surface area contributed by atoms with Gasteiger partial charge >= 0.3 is 5.69 Å². The molecule has 7 nitrogen and oxygen atoms in total. The Hall–Kier alpha value is -3.85. The topological polar surface area (TPSA) is 82.6 Å². The summed E-state index contributed by atoms with van der Waals surface area (Å²) >= 11 is 0. The Kier molecular flexibility index (Phi) is 7.64. The first-order valence-corrected chi connectivity index (χ1v) is 12.6. The Morgan fingerprint density at radius 2 is 1.45 bits per heavy atom. The maximum atomic E-state index is 14.0. The van der Waals surface area contributed by atoms with Gasteiger partial charge in [-0.1, -0.05) is 91.0 Å².